The summed E-state index contributed by atoms with van der Waals surface area (Å²) in [5.74, 6) is 1.55. The first-order valence-corrected chi connectivity index (χ1v) is 5.53. The zero-order valence-electron chi connectivity index (χ0n) is 8.58. The van der Waals surface area contributed by atoms with Crippen LogP contribution in [-0.4, -0.2) is 9.38 Å². The average molecular weight is 253 g/mol. The second-order valence-corrected chi connectivity index (χ2v) is 4.63. The van der Waals surface area contributed by atoms with Crippen LogP contribution in [0.2, 0.25) is 0 Å². The maximum absolute atomic E-state index is 4.51. The molecule has 0 aliphatic heterocycles. The Morgan fingerprint density at radius 3 is 2.71 bits per heavy atom. The molecule has 14 heavy (non-hydrogen) atoms. The molecule has 0 fully saturated rings. The van der Waals surface area contributed by atoms with Gasteiger partial charge in [0.1, 0.15) is 10.4 Å². The van der Waals surface area contributed by atoms with Crippen LogP contribution in [0.1, 0.15) is 31.2 Å². The molecule has 0 saturated carbocycles. The zero-order chi connectivity index (χ0) is 10.3. The highest BCUT2D eigenvalue weighted by atomic mass is 79.9. The van der Waals surface area contributed by atoms with Gasteiger partial charge >= 0.3 is 0 Å². The minimum Gasteiger partial charge on any atom is -0.302 e. The summed E-state index contributed by atoms with van der Waals surface area (Å²) >= 11 is 3.48. The van der Waals surface area contributed by atoms with Crippen molar-refractivity contribution in [2.75, 3.05) is 0 Å². The lowest BCUT2D eigenvalue weighted by Gasteiger charge is -2.04. The lowest BCUT2D eigenvalue weighted by atomic mass is 10.2. The van der Waals surface area contributed by atoms with E-state index in [2.05, 4.69) is 64.4 Å². The number of hydrogen-bond acceptors (Lipinski definition) is 1. The molecule has 0 bridgehead atoms. The van der Waals surface area contributed by atoms with Gasteiger partial charge in [-0.15, -0.1) is 0 Å². The number of aryl methyl sites for hydroxylation is 1. The molecular weight excluding hydrogens is 240 g/mol. The van der Waals surface area contributed by atoms with Crippen molar-refractivity contribution in [3.63, 3.8) is 0 Å². The van der Waals surface area contributed by atoms with Crippen molar-refractivity contribution >= 4 is 21.4 Å². The molecule has 0 radical (unpaired) electrons. The van der Waals surface area contributed by atoms with Gasteiger partial charge in [0.25, 0.3) is 0 Å². The van der Waals surface area contributed by atoms with E-state index in [1.807, 2.05) is 0 Å². The molecule has 3 heteroatoms. The zero-order valence-corrected chi connectivity index (χ0v) is 10.2. The summed E-state index contributed by atoms with van der Waals surface area (Å²) < 4.78 is 3.09. The fourth-order valence-electron chi connectivity index (χ4n) is 1.58. The number of fused-ring (bicyclic) bond motifs is 1. The Morgan fingerprint density at radius 1 is 1.36 bits per heavy atom. The predicted molar refractivity (Wildman–Crippen MR) is 61.7 cm³/mol. The summed E-state index contributed by atoms with van der Waals surface area (Å²) in [6, 6.07) is 4.20. The maximum atomic E-state index is 4.51. The normalized spacial score (nSPS) is 11.5. The van der Waals surface area contributed by atoms with Crippen molar-refractivity contribution in [3.05, 3.63) is 34.3 Å². The van der Waals surface area contributed by atoms with E-state index in [4.69, 9.17) is 0 Å². The third-order valence-corrected chi connectivity index (χ3v) is 2.87. The van der Waals surface area contributed by atoms with Crippen molar-refractivity contribution < 1.29 is 0 Å². The molecule has 2 nitrogen and oxygen atoms in total. The highest BCUT2D eigenvalue weighted by molar-refractivity contribution is 9.10. The van der Waals surface area contributed by atoms with Gasteiger partial charge in [-0.2, -0.15) is 0 Å². The molecule has 0 spiro atoms. The molecular formula is C11H13BrN2. The van der Waals surface area contributed by atoms with E-state index >= 15 is 0 Å². The fourth-order valence-corrected chi connectivity index (χ4v) is 2.09. The minimum absolute atomic E-state index is 0.440. The summed E-state index contributed by atoms with van der Waals surface area (Å²) in [5.41, 5.74) is 2.39. The Morgan fingerprint density at radius 2 is 2.07 bits per heavy atom. The van der Waals surface area contributed by atoms with Crippen LogP contribution in [0.4, 0.5) is 0 Å². The molecule has 0 aliphatic carbocycles. The van der Waals surface area contributed by atoms with Crippen molar-refractivity contribution in [2.24, 2.45) is 0 Å². The Labute approximate surface area is 92.1 Å². The Balaban J connectivity index is 2.79. The standard InChI is InChI=1S/C11H13BrN2/c1-7(2)11-13-10(12)9-5-4-8(3)6-14(9)11/h4-7H,1-3H3. The molecule has 0 N–H and O–H groups in total. The number of nitrogens with zero attached hydrogens (tertiary/aromatic N) is 2. The smallest absolute Gasteiger partial charge is 0.132 e. The van der Waals surface area contributed by atoms with E-state index in [9.17, 15) is 0 Å². The molecule has 0 saturated heterocycles. The summed E-state index contributed by atoms with van der Waals surface area (Å²) in [5, 5.41) is 0. The largest absolute Gasteiger partial charge is 0.302 e. The second kappa shape index (κ2) is 3.39. The molecule has 0 aliphatic rings. The van der Waals surface area contributed by atoms with Crippen LogP contribution in [-0.2, 0) is 0 Å². The van der Waals surface area contributed by atoms with Crippen LogP contribution in [0.25, 0.3) is 5.52 Å². The van der Waals surface area contributed by atoms with Gasteiger partial charge in [0, 0.05) is 12.1 Å². The molecule has 2 rings (SSSR count). The molecule has 2 aromatic rings. The lowest BCUT2D eigenvalue weighted by Crippen LogP contribution is -1.96. The number of halogens is 1. The van der Waals surface area contributed by atoms with Gasteiger partial charge < -0.3 is 4.40 Å². The number of pyridine rings is 1. The third kappa shape index (κ3) is 1.46. The van der Waals surface area contributed by atoms with Crippen molar-refractivity contribution in [1.82, 2.24) is 9.38 Å². The van der Waals surface area contributed by atoms with E-state index in [0.29, 0.717) is 5.92 Å². The van der Waals surface area contributed by atoms with Gasteiger partial charge in [0.05, 0.1) is 5.52 Å². The summed E-state index contributed by atoms with van der Waals surface area (Å²) in [4.78, 5) is 4.51. The average Bonchev–Trinajstić information content (AvgIpc) is 2.43. The quantitative estimate of drug-likeness (QED) is 0.759. The van der Waals surface area contributed by atoms with Crippen LogP contribution >= 0.6 is 15.9 Å². The molecule has 74 valence electrons. The maximum Gasteiger partial charge on any atom is 0.132 e. The first-order valence-electron chi connectivity index (χ1n) is 4.73. The first-order chi connectivity index (χ1) is 6.59. The van der Waals surface area contributed by atoms with Crippen molar-refractivity contribution in [2.45, 2.75) is 26.7 Å². The van der Waals surface area contributed by atoms with E-state index in [1.165, 1.54) is 5.56 Å². The van der Waals surface area contributed by atoms with E-state index < -0.39 is 0 Å². The van der Waals surface area contributed by atoms with Gasteiger partial charge in [-0.3, -0.25) is 0 Å². The van der Waals surface area contributed by atoms with Gasteiger partial charge in [-0.25, -0.2) is 4.98 Å². The first kappa shape index (κ1) is 9.71. The van der Waals surface area contributed by atoms with Gasteiger partial charge in [0.2, 0.25) is 0 Å². The second-order valence-electron chi connectivity index (χ2n) is 3.88. The van der Waals surface area contributed by atoms with Gasteiger partial charge in [-0.1, -0.05) is 19.9 Å². The van der Waals surface area contributed by atoms with Gasteiger partial charge in [-0.05, 0) is 34.5 Å². The number of aromatic nitrogens is 2. The predicted octanol–water partition coefficient (Wildman–Crippen LogP) is 3.53. The monoisotopic (exact) mass is 252 g/mol. The molecule has 0 aromatic carbocycles. The Bertz CT molecular complexity index is 471. The highest BCUT2D eigenvalue weighted by Crippen LogP contribution is 2.23. The minimum atomic E-state index is 0.440. The summed E-state index contributed by atoms with van der Waals surface area (Å²) in [7, 11) is 0. The Kier molecular flexibility index (Phi) is 2.35. The highest BCUT2D eigenvalue weighted by Gasteiger charge is 2.11. The number of imidazole rings is 1. The number of rotatable bonds is 1. The molecule has 2 heterocycles. The molecule has 0 unspecified atom stereocenters. The Hall–Kier alpha value is -0.830. The van der Waals surface area contributed by atoms with Crippen LogP contribution in [0, 0.1) is 6.92 Å². The number of hydrogen-bond donors (Lipinski definition) is 0. The third-order valence-electron chi connectivity index (χ3n) is 2.28. The molecule has 2 aromatic heterocycles. The van der Waals surface area contributed by atoms with E-state index in [-0.39, 0.29) is 0 Å². The van der Waals surface area contributed by atoms with E-state index in [1.54, 1.807) is 0 Å². The molecule has 0 amide bonds. The van der Waals surface area contributed by atoms with Gasteiger partial charge in [0.15, 0.2) is 0 Å². The van der Waals surface area contributed by atoms with E-state index in [0.717, 1.165) is 15.9 Å². The summed E-state index contributed by atoms with van der Waals surface area (Å²) in [6.45, 7) is 6.41. The van der Waals surface area contributed by atoms with Crippen LogP contribution < -0.4 is 0 Å². The summed E-state index contributed by atoms with van der Waals surface area (Å²) in [6.07, 6.45) is 2.13. The van der Waals surface area contributed by atoms with Crippen LogP contribution in [0.3, 0.4) is 0 Å². The molecule has 0 atom stereocenters. The lowest BCUT2D eigenvalue weighted by molar-refractivity contribution is 0.768. The van der Waals surface area contributed by atoms with Crippen LogP contribution in [0.15, 0.2) is 22.9 Å². The SMILES string of the molecule is Cc1ccc2c(Br)nc(C(C)C)n2c1. The topological polar surface area (TPSA) is 17.3 Å². The van der Waals surface area contributed by atoms with Crippen molar-refractivity contribution in [1.29, 1.82) is 0 Å². The van der Waals surface area contributed by atoms with Crippen LogP contribution in [0.5, 0.6) is 0 Å². The van der Waals surface area contributed by atoms with Crippen molar-refractivity contribution in [3.8, 4) is 0 Å². The fraction of sp³-hybridized carbons (Fsp3) is 0.364.